The topological polar surface area (TPSA) is 76.4 Å². The van der Waals surface area contributed by atoms with Crippen molar-refractivity contribution in [1.29, 1.82) is 0 Å². The van der Waals surface area contributed by atoms with E-state index in [1.807, 2.05) is 0 Å². The molecule has 1 saturated heterocycles. The normalized spacial score (nSPS) is 39.3. The lowest BCUT2D eigenvalue weighted by atomic mass is 9.52. The maximum absolute atomic E-state index is 12.9. The van der Waals surface area contributed by atoms with Crippen LogP contribution >= 0.6 is 11.6 Å². The lowest BCUT2D eigenvalue weighted by Crippen LogP contribution is -2.61. The molecule has 0 spiro atoms. The van der Waals surface area contributed by atoms with Crippen LogP contribution in [0.15, 0.2) is 6.20 Å². The van der Waals surface area contributed by atoms with Gasteiger partial charge in [0.25, 0.3) is 5.91 Å². The molecule has 4 bridgehead atoms. The minimum atomic E-state index is -0.483. The fourth-order valence-corrected chi connectivity index (χ4v) is 6.45. The van der Waals surface area contributed by atoms with Crippen LogP contribution in [0.25, 0.3) is 0 Å². The maximum atomic E-state index is 12.9. The summed E-state index contributed by atoms with van der Waals surface area (Å²) in [6, 6.07) is 0.357. The summed E-state index contributed by atoms with van der Waals surface area (Å²) in [5, 5.41) is 18.8. The molecule has 7 heteroatoms. The van der Waals surface area contributed by atoms with Crippen LogP contribution in [-0.4, -0.2) is 45.7 Å². The Hall–Kier alpha value is -1.11. The molecule has 1 amide bonds. The van der Waals surface area contributed by atoms with Crippen LogP contribution in [0.3, 0.4) is 0 Å². The molecule has 2 heterocycles. The highest BCUT2D eigenvalue weighted by Gasteiger charge is 2.55. The van der Waals surface area contributed by atoms with Crippen LogP contribution < -0.4 is 5.32 Å². The van der Waals surface area contributed by atoms with Gasteiger partial charge in [0.05, 0.1) is 23.4 Å². The molecule has 6 nitrogen and oxygen atoms in total. The number of carbonyl (C=O) groups excluding carboxylic acids is 1. The Morgan fingerprint density at radius 1 is 1.27 bits per heavy atom. The number of hydrogen-bond acceptors (Lipinski definition) is 4. The number of aliphatic hydroxyl groups is 1. The largest absolute Gasteiger partial charge is 0.390 e. The van der Waals surface area contributed by atoms with Crippen molar-refractivity contribution in [3.63, 3.8) is 0 Å². The third-order valence-electron chi connectivity index (χ3n) is 7.05. The van der Waals surface area contributed by atoms with E-state index in [2.05, 4.69) is 10.4 Å². The number of ether oxygens (including phenoxy) is 1. The van der Waals surface area contributed by atoms with Gasteiger partial charge in [-0.3, -0.25) is 4.79 Å². The minimum absolute atomic E-state index is 0.127. The Kier molecular flexibility index (Phi) is 4.07. The number of halogens is 1. The van der Waals surface area contributed by atoms with E-state index in [1.165, 1.54) is 0 Å². The molecule has 4 aliphatic carbocycles. The molecule has 5 atom stereocenters. The van der Waals surface area contributed by atoms with Crippen LogP contribution in [0, 0.1) is 17.8 Å². The first-order chi connectivity index (χ1) is 12.5. The summed E-state index contributed by atoms with van der Waals surface area (Å²) in [6.07, 6.45) is 8.17. The molecule has 0 radical (unpaired) electrons. The highest BCUT2D eigenvalue weighted by atomic mass is 35.5. The number of carbonyl (C=O) groups is 1. The number of amides is 1. The van der Waals surface area contributed by atoms with Crippen LogP contribution in [0.4, 0.5) is 0 Å². The lowest BCUT2D eigenvalue weighted by molar-refractivity contribution is -0.136. The van der Waals surface area contributed by atoms with E-state index in [-0.39, 0.29) is 18.0 Å². The molecule has 1 aliphatic heterocycles. The van der Waals surface area contributed by atoms with E-state index < -0.39 is 5.60 Å². The van der Waals surface area contributed by atoms with E-state index in [0.29, 0.717) is 41.7 Å². The van der Waals surface area contributed by atoms with Gasteiger partial charge in [0, 0.05) is 19.3 Å². The van der Waals surface area contributed by atoms with Crippen LogP contribution in [0.5, 0.6) is 0 Å². The average Bonchev–Trinajstić information content (AvgIpc) is 2.99. The molecule has 4 saturated carbocycles. The second-order valence-corrected chi connectivity index (χ2v) is 9.19. The Morgan fingerprint density at radius 3 is 2.62 bits per heavy atom. The van der Waals surface area contributed by atoms with Gasteiger partial charge >= 0.3 is 0 Å². The molecule has 26 heavy (non-hydrogen) atoms. The average molecular weight is 380 g/mol. The summed E-state index contributed by atoms with van der Waals surface area (Å²) >= 11 is 6.50. The first kappa shape index (κ1) is 17.0. The molecule has 3 unspecified atom stereocenters. The maximum Gasteiger partial charge on any atom is 0.256 e. The summed E-state index contributed by atoms with van der Waals surface area (Å²) in [6.45, 7) is 1.41. The number of rotatable bonds is 3. The molecule has 5 fully saturated rings. The zero-order valence-corrected chi connectivity index (χ0v) is 15.6. The fraction of sp³-hybridized carbons (Fsp3) is 0.789. The molecule has 1 aromatic rings. The Balaban J connectivity index is 1.31. The molecule has 142 valence electrons. The summed E-state index contributed by atoms with van der Waals surface area (Å²) in [5.41, 5.74) is -0.0192. The van der Waals surface area contributed by atoms with Gasteiger partial charge in [-0.2, -0.15) is 5.10 Å². The van der Waals surface area contributed by atoms with Crippen molar-refractivity contribution < 1.29 is 14.6 Å². The van der Waals surface area contributed by atoms with Crippen LogP contribution in [0.1, 0.15) is 61.3 Å². The molecule has 2 N–H and O–H groups in total. The quantitative estimate of drug-likeness (QED) is 0.846. The van der Waals surface area contributed by atoms with Gasteiger partial charge in [-0.1, -0.05) is 11.6 Å². The SMILES string of the molecule is O=C(NC1[C@@H]2CC3C[C@H]1CC(O)(C3)C2)c1cnn(C2CCOCC2)c1Cl. The van der Waals surface area contributed by atoms with Crippen LogP contribution in [-0.2, 0) is 4.74 Å². The van der Waals surface area contributed by atoms with Gasteiger partial charge in [-0.25, -0.2) is 4.68 Å². The number of aromatic nitrogens is 2. The van der Waals surface area contributed by atoms with Crippen molar-refractivity contribution in [2.75, 3.05) is 13.2 Å². The second-order valence-electron chi connectivity index (χ2n) is 8.83. The van der Waals surface area contributed by atoms with Crippen LogP contribution in [0.2, 0.25) is 5.15 Å². The van der Waals surface area contributed by atoms with Gasteiger partial charge in [-0.05, 0) is 62.7 Å². The van der Waals surface area contributed by atoms with Gasteiger partial charge in [0.1, 0.15) is 5.15 Å². The predicted octanol–water partition coefficient (Wildman–Crippen LogP) is 2.56. The van der Waals surface area contributed by atoms with Crippen molar-refractivity contribution in [2.45, 2.75) is 62.6 Å². The predicted molar refractivity (Wildman–Crippen MR) is 96.1 cm³/mol. The number of hydrogen-bond donors (Lipinski definition) is 2. The Bertz CT molecular complexity index is 699. The number of nitrogens with zero attached hydrogens (tertiary/aromatic N) is 2. The smallest absolute Gasteiger partial charge is 0.256 e. The molecule has 6 rings (SSSR count). The van der Waals surface area contributed by atoms with Gasteiger partial charge in [0.2, 0.25) is 0 Å². The zero-order valence-electron chi connectivity index (χ0n) is 14.9. The first-order valence-corrected chi connectivity index (χ1v) is 10.2. The summed E-state index contributed by atoms with van der Waals surface area (Å²) in [7, 11) is 0. The van der Waals surface area contributed by atoms with Crippen molar-refractivity contribution in [3.8, 4) is 0 Å². The lowest BCUT2D eigenvalue weighted by Gasteiger charge is -2.58. The van der Waals surface area contributed by atoms with Gasteiger partial charge in [-0.15, -0.1) is 0 Å². The summed E-state index contributed by atoms with van der Waals surface area (Å²) < 4.78 is 7.17. The summed E-state index contributed by atoms with van der Waals surface area (Å²) in [5.74, 6) is 1.28. The molecular formula is C19H26ClN3O3. The summed E-state index contributed by atoms with van der Waals surface area (Å²) in [4.78, 5) is 12.9. The van der Waals surface area contributed by atoms with E-state index in [9.17, 15) is 9.90 Å². The third-order valence-corrected chi connectivity index (χ3v) is 7.43. The van der Waals surface area contributed by atoms with E-state index in [0.717, 1.165) is 44.9 Å². The van der Waals surface area contributed by atoms with Gasteiger partial charge in [0.15, 0.2) is 0 Å². The van der Waals surface area contributed by atoms with Crippen molar-refractivity contribution in [2.24, 2.45) is 17.8 Å². The fourth-order valence-electron chi connectivity index (χ4n) is 6.13. The third kappa shape index (κ3) is 2.77. The standard InChI is InChI=1S/C19H26ClN3O3/c20-17-15(10-21-23(17)14-1-3-26-4-2-14)18(24)22-16-12-5-11-6-13(16)9-19(25,7-11)8-12/h10-14,16,25H,1-9H2,(H,22,24)/t11?,12-,13+,16?,19?. The molecule has 5 aliphatic rings. The Morgan fingerprint density at radius 2 is 1.96 bits per heavy atom. The van der Waals surface area contributed by atoms with Crippen molar-refractivity contribution in [3.05, 3.63) is 16.9 Å². The molecule has 1 aromatic heterocycles. The van der Waals surface area contributed by atoms with E-state index in [1.54, 1.807) is 10.9 Å². The monoisotopic (exact) mass is 379 g/mol. The second kappa shape index (κ2) is 6.21. The highest BCUT2D eigenvalue weighted by molar-refractivity contribution is 6.32. The highest BCUT2D eigenvalue weighted by Crippen LogP contribution is 2.55. The zero-order chi connectivity index (χ0) is 17.9. The van der Waals surface area contributed by atoms with Crippen molar-refractivity contribution in [1.82, 2.24) is 15.1 Å². The minimum Gasteiger partial charge on any atom is -0.390 e. The molecule has 0 aromatic carbocycles. The first-order valence-electron chi connectivity index (χ1n) is 9.86. The Labute approximate surface area is 158 Å². The molecular weight excluding hydrogens is 354 g/mol. The van der Waals surface area contributed by atoms with Gasteiger partial charge < -0.3 is 15.2 Å². The van der Waals surface area contributed by atoms with E-state index >= 15 is 0 Å². The van der Waals surface area contributed by atoms with Crippen molar-refractivity contribution >= 4 is 17.5 Å². The van der Waals surface area contributed by atoms with E-state index in [4.69, 9.17) is 16.3 Å². The number of nitrogens with one attached hydrogen (secondary N) is 1.